The monoisotopic (exact) mass is 304 g/mol. The second-order valence-electron chi connectivity index (χ2n) is 4.54. The van der Waals surface area contributed by atoms with Crippen LogP contribution in [0.2, 0.25) is 0 Å². The molecular formula is C13H24N2O4S. The molecule has 20 heavy (non-hydrogen) atoms. The molecule has 0 aromatic carbocycles. The summed E-state index contributed by atoms with van der Waals surface area (Å²) in [5, 5.41) is 9.29. The summed E-state index contributed by atoms with van der Waals surface area (Å²) < 4.78 is 33.0. The lowest BCUT2D eigenvalue weighted by Gasteiger charge is -2.15. The van der Waals surface area contributed by atoms with Gasteiger partial charge in [0.2, 0.25) is 10.0 Å². The van der Waals surface area contributed by atoms with Crippen molar-refractivity contribution in [3.8, 4) is 0 Å². The summed E-state index contributed by atoms with van der Waals surface area (Å²) in [6.45, 7) is 5.64. The molecule has 7 heteroatoms. The van der Waals surface area contributed by atoms with Crippen molar-refractivity contribution in [3.05, 3.63) is 18.0 Å². The molecule has 1 aromatic heterocycles. The van der Waals surface area contributed by atoms with Crippen molar-refractivity contribution >= 4 is 10.0 Å². The van der Waals surface area contributed by atoms with Crippen molar-refractivity contribution in [2.24, 2.45) is 0 Å². The van der Waals surface area contributed by atoms with E-state index in [9.17, 15) is 13.5 Å². The fraction of sp³-hybridized carbons (Fsp3) is 0.692. The molecule has 0 unspecified atom stereocenters. The van der Waals surface area contributed by atoms with Gasteiger partial charge in [0.1, 0.15) is 4.90 Å². The highest BCUT2D eigenvalue weighted by molar-refractivity contribution is 7.89. The number of ether oxygens (including phenoxy) is 1. The first-order chi connectivity index (χ1) is 9.47. The van der Waals surface area contributed by atoms with Crippen LogP contribution < -0.4 is 0 Å². The number of rotatable bonds is 9. The molecule has 0 saturated heterocycles. The number of hydrogen-bond donors (Lipinski definition) is 1. The predicted molar refractivity (Wildman–Crippen MR) is 77.0 cm³/mol. The SMILES string of the molecule is CCCn1cc(S(=O)(=O)N(C)CCOCC)cc1CO. The Balaban J connectivity index is 2.91. The molecule has 1 heterocycles. The van der Waals surface area contributed by atoms with E-state index in [4.69, 9.17) is 4.74 Å². The topological polar surface area (TPSA) is 71.8 Å². The van der Waals surface area contributed by atoms with Gasteiger partial charge >= 0.3 is 0 Å². The maximum atomic E-state index is 12.4. The third-order valence-electron chi connectivity index (χ3n) is 3.05. The first-order valence-corrected chi connectivity index (χ1v) is 8.25. The van der Waals surface area contributed by atoms with Crippen LogP contribution in [0, 0.1) is 0 Å². The Labute approximate surface area is 121 Å². The highest BCUT2D eigenvalue weighted by Gasteiger charge is 2.23. The number of aliphatic hydroxyl groups excluding tert-OH is 1. The number of likely N-dealkylation sites (N-methyl/N-ethyl adjacent to an activating group) is 1. The molecule has 1 rings (SSSR count). The van der Waals surface area contributed by atoms with Gasteiger partial charge in [-0.05, 0) is 19.4 Å². The van der Waals surface area contributed by atoms with Crippen LogP contribution in [-0.4, -0.2) is 49.2 Å². The van der Waals surface area contributed by atoms with Gasteiger partial charge in [-0.2, -0.15) is 4.31 Å². The standard InChI is InChI=1S/C13H24N2O4S/c1-4-6-15-10-13(9-12(15)11-16)20(17,18)14(3)7-8-19-5-2/h9-10,16H,4-8,11H2,1-3H3. The van der Waals surface area contributed by atoms with Gasteiger partial charge in [-0.3, -0.25) is 0 Å². The van der Waals surface area contributed by atoms with E-state index in [0.717, 1.165) is 6.42 Å². The molecule has 0 amide bonds. The second-order valence-corrected chi connectivity index (χ2v) is 6.59. The fourth-order valence-corrected chi connectivity index (χ4v) is 3.11. The first-order valence-electron chi connectivity index (χ1n) is 6.81. The van der Waals surface area contributed by atoms with Crippen LogP contribution in [0.3, 0.4) is 0 Å². The molecule has 0 fully saturated rings. The van der Waals surface area contributed by atoms with E-state index in [1.54, 1.807) is 10.8 Å². The highest BCUT2D eigenvalue weighted by atomic mass is 32.2. The van der Waals surface area contributed by atoms with Crippen LogP contribution in [0.1, 0.15) is 26.0 Å². The van der Waals surface area contributed by atoms with Crippen molar-refractivity contribution in [2.45, 2.75) is 38.3 Å². The zero-order valence-electron chi connectivity index (χ0n) is 12.4. The molecule has 0 atom stereocenters. The van der Waals surface area contributed by atoms with Crippen molar-refractivity contribution in [3.63, 3.8) is 0 Å². The van der Waals surface area contributed by atoms with Gasteiger partial charge < -0.3 is 14.4 Å². The largest absolute Gasteiger partial charge is 0.390 e. The minimum absolute atomic E-state index is 0.168. The highest BCUT2D eigenvalue weighted by Crippen LogP contribution is 2.18. The maximum Gasteiger partial charge on any atom is 0.244 e. The van der Waals surface area contributed by atoms with Crippen LogP contribution in [0.15, 0.2) is 17.2 Å². The van der Waals surface area contributed by atoms with Gasteiger partial charge in [-0.1, -0.05) is 6.92 Å². The summed E-state index contributed by atoms with van der Waals surface area (Å²) in [5.41, 5.74) is 0.614. The van der Waals surface area contributed by atoms with Gasteiger partial charge in [-0.15, -0.1) is 0 Å². The number of nitrogens with zero attached hydrogens (tertiary/aromatic N) is 2. The number of aryl methyl sites for hydroxylation is 1. The Morgan fingerprint density at radius 1 is 1.40 bits per heavy atom. The molecule has 1 aromatic rings. The average molecular weight is 304 g/mol. The summed E-state index contributed by atoms with van der Waals surface area (Å²) in [4.78, 5) is 0.217. The van der Waals surface area contributed by atoms with Crippen LogP contribution in [0.5, 0.6) is 0 Å². The quantitative estimate of drug-likeness (QED) is 0.692. The van der Waals surface area contributed by atoms with Crippen molar-refractivity contribution in [1.29, 1.82) is 0 Å². The number of aromatic nitrogens is 1. The van der Waals surface area contributed by atoms with Gasteiger partial charge in [0.05, 0.1) is 13.2 Å². The summed E-state index contributed by atoms with van der Waals surface area (Å²) in [5.74, 6) is 0. The van der Waals surface area contributed by atoms with Crippen LogP contribution in [-0.2, 0) is 27.9 Å². The van der Waals surface area contributed by atoms with Gasteiger partial charge in [-0.25, -0.2) is 8.42 Å². The molecule has 0 saturated carbocycles. The predicted octanol–water partition coefficient (Wildman–Crippen LogP) is 1.05. The molecular weight excluding hydrogens is 280 g/mol. The molecule has 0 aliphatic heterocycles. The third-order valence-corrected chi connectivity index (χ3v) is 4.87. The van der Waals surface area contributed by atoms with E-state index in [1.165, 1.54) is 17.4 Å². The average Bonchev–Trinajstić information content (AvgIpc) is 2.83. The molecule has 0 radical (unpaired) electrons. The molecule has 116 valence electrons. The van der Waals surface area contributed by atoms with Crippen molar-refractivity contribution < 1.29 is 18.3 Å². The maximum absolute atomic E-state index is 12.4. The van der Waals surface area contributed by atoms with Crippen LogP contribution >= 0.6 is 0 Å². The van der Waals surface area contributed by atoms with Crippen molar-refractivity contribution in [2.75, 3.05) is 26.8 Å². The van der Waals surface area contributed by atoms with E-state index in [-0.39, 0.29) is 11.5 Å². The van der Waals surface area contributed by atoms with Gasteiger partial charge in [0.15, 0.2) is 0 Å². The summed E-state index contributed by atoms with van der Waals surface area (Å²) in [6, 6.07) is 1.53. The van der Waals surface area contributed by atoms with E-state index in [2.05, 4.69) is 0 Å². The summed E-state index contributed by atoms with van der Waals surface area (Å²) >= 11 is 0. The van der Waals surface area contributed by atoms with Gasteiger partial charge in [0, 0.05) is 38.6 Å². The molecule has 0 aliphatic carbocycles. The Bertz CT molecular complexity index is 510. The second kappa shape index (κ2) is 7.78. The Hall–Kier alpha value is -0.890. The van der Waals surface area contributed by atoms with Crippen molar-refractivity contribution in [1.82, 2.24) is 8.87 Å². The molecule has 0 aliphatic rings. The number of sulfonamides is 1. The lowest BCUT2D eigenvalue weighted by atomic mass is 10.4. The zero-order valence-corrected chi connectivity index (χ0v) is 13.2. The number of aliphatic hydroxyl groups is 1. The smallest absolute Gasteiger partial charge is 0.244 e. The van der Waals surface area contributed by atoms with Crippen LogP contribution in [0.25, 0.3) is 0 Å². The normalized spacial score (nSPS) is 12.2. The minimum atomic E-state index is -3.53. The van der Waals surface area contributed by atoms with Crippen LogP contribution in [0.4, 0.5) is 0 Å². The number of hydrogen-bond acceptors (Lipinski definition) is 4. The molecule has 0 bridgehead atoms. The minimum Gasteiger partial charge on any atom is -0.390 e. The third kappa shape index (κ3) is 4.05. The Morgan fingerprint density at radius 2 is 2.10 bits per heavy atom. The van der Waals surface area contributed by atoms with E-state index < -0.39 is 10.0 Å². The molecule has 6 nitrogen and oxygen atoms in total. The van der Waals surface area contributed by atoms with E-state index in [1.807, 2.05) is 13.8 Å². The van der Waals surface area contributed by atoms with Gasteiger partial charge in [0.25, 0.3) is 0 Å². The van der Waals surface area contributed by atoms with E-state index >= 15 is 0 Å². The summed E-state index contributed by atoms with van der Waals surface area (Å²) in [7, 11) is -2.00. The lowest BCUT2D eigenvalue weighted by Crippen LogP contribution is -2.30. The van der Waals surface area contributed by atoms with E-state index in [0.29, 0.717) is 32.0 Å². The Kier molecular flexibility index (Phi) is 6.67. The Morgan fingerprint density at radius 3 is 2.65 bits per heavy atom. The molecule has 0 spiro atoms. The molecule has 1 N–H and O–H groups in total. The zero-order chi connectivity index (χ0) is 15.2. The lowest BCUT2D eigenvalue weighted by molar-refractivity contribution is 0.138. The summed E-state index contributed by atoms with van der Waals surface area (Å²) in [6.07, 6.45) is 2.46. The first kappa shape index (κ1) is 17.2. The fourth-order valence-electron chi connectivity index (χ4n) is 1.89.